The molecule has 6 aromatic carbocycles. The van der Waals surface area contributed by atoms with Crippen LogP contribution in [0, 0.1) is 0 Å². The van der Waals surface area contributed by atoms with Gasteiger partial charge in [0, 0.05) is 18.4 Å². The number of hydrogen-bond donors (Lipinski definition) is 0. The highest BCUT2D eigenvalue weighted by atomic mass is 28.3. The van der Waals surface area contributed by atoms with Crippen LogP contribution in [0.2, 0.25) is 0 Å². The van der Waals surface area contributed by atoms with Gasteiger partial charge in [0.05, 0.1) is 5.41 Å². The molecule has 40 heavy (non-hydrogen) atoms. The highest BCUT2D eigenvalue weighted by Crippen LogP contribution is 2.56. The molecule has 0 radical (unpaired) electrons. The van der Waals surface area contributed by atoms with Gasteiger partial charge in [-0.05, 0) is 66.3 Å². The lowest BCUT2D eigenvalue weighted by Gasteiger charge is -2.52. The fourth-order valence-corrected chi connectivity index (χ4v) is 14.1. The van der Waals surface area contributed by atoms with Crippen molar-refractivity contribution in [3.05, 3.63) is 168 Å². The topological polar surface area (TPSA) is 3.24 Å². The predicted octanol–water partition coefficient (Wildman–Crippen LogP) is 5.82. The first-order valence-corrected chi connectivity index (χ1v) is 16.1. The molecule has 3 heterocycles. The molecule has 0 amide bonds. The first-order valence-electron chi connectivity index (χ1n) is 14.1. The van der Waals surface area contributed by atoms with Crippen LogP contribution in [-0.4, -0.2) is 15.1 Å². The maximum atomic E-state index is 2.46. The summed E-state index contributed by atoms with van der Waals surface area (Å²) in [5.74, 6) is 0. The molecule has 3 aliphatic rings. The van der Waals surface area contributed by atoms with Crippen LogP contribution in [0.1, 0.15) is 22.3 Å². The van der Waals surface area contributed by atoms with E-state index in [9.17, 15) is 0 Å². The predicted molar refractivity (Wildman–Crippen MR) is 169 cm³/mol. The van der Waals surface area contributed by atoms with Crippen molar-refractivity contribution in [3.8, 4) is 11.1 Å². The van der Waals surface area contributed by atoms with Crippen LogP contribution in [-0.2, 0) is 5.41 Å². The van der Waals surface area contributed by atoms with Gasteiger partial charge in [-0.2, -0.15) is 0 Å². The molecule has 188 valence electrons. The summed E-state index contributed by atoms with van der Waals surface area (Å²) in [5.41, 5.74) is 10.5. The summed E-state index contributed by atoms with van der Waals surface area (Å²) in [7, 11) is -0.372. The number of fused-ring (bicyclic) bond motifs is 15. The fraction of sp³-hybridized carbons (Fsp3) is 0.0526. The van der Waals surface area contributed by atoms with E-state index in [0.717, 1.165) is 0 Å². The lowest BCUT2D eigenvalue weighted by Crippen LogP contribution is -2.78. The molecule has 0 fully saturated rings. The molecule has 1 nitrogen and oxygen atoms in total. The Morgan fingerprint density at radius 3 is 1.23 bits per heavy atom. The van der Waals surface area contributed by atoms with Crippen LogP contribution >= 0.6 is 0 Å². The Bertz CT molecular complexity index is 1860. The van der Waals surface area contributed by atoms with Crippen molar-refractivity contribution in [2.75, 3.05) is 11.9 Å². The van der Waals surface area contributed by atoms with E-state index in [1.807, 2.05) is 0 Å². The largest absolute Gasteiger partial charge is 0.344 e. The minimum absolute atomic E-state index is 0.405. The second kappa shape index (κ2) is 7.71. The lowest BCUT2D eigenvalue weighted by molar-refractivity contribution is 0.732. The molecular weight excluding hydrogens is 499 g/mol. The summed E-state index contributed by atoms with van der Waals surface area (Å²) >= 11 is 0. The van der Waals surface area contributed by atoms with Gasteiger partial charge in [0.1, 0.15) is 0 Å². The molecule has 0 N–H and O–H groups in total. The zero-order chi connectivity index (χ0) is 26.5. The first-order chi connectivity index (χ1) is 19.8. The minimum Gasteiger partial charge on any atom is -0.344 e. The van der Waals surface area contributed by atoms with E-state index < -0.39 is 13.5 Å². The number of para-hydroxylation sites is 2. The maximum Gasteiger partial charge on any atom is 0.181 e. The van der Waals surface area contributed by atoms with Crippen molar-refractivity contribution in [3.63, 3.8) is 0 Å². The van der Waals surface area contributed by atoms with E-state index in [1.165, 1.54) is 65.5 Å². The molecule has 0 bridgehead atoms. The molecule has 0 saturated carbocycles. The Balaban J connectivity index is 1.54. The molecule has 0 atom stereocenters. The second-order valence-corrected chi connectivity index (χ2v) is 14.9. The van der Waals surface area contributed by atoms with Gasteiger partial charge >= 0.3 is 0 Å². The van der Waals surface area contributed by atoms with Gasteiger partial charge in [0.2, 0.25) is 0 Å². The van der Waals surface area contributed by atoms with Crippen LogP contribution in [0.25, 0.3) is 11.1 Å². The summed E-state index contributed by atoms with van der Waals surface area (Å²) in [6, 6.07) is 55.4. The average Bonchev–Trinajstić information content (AvgIpc) is 3.32. The molecule has 0 aliphatic carbocycles. The standard InChI is InChI=1S/C38H27NSi/c1-39-32-20-8-4-16-28(32)38(29-17-5-9-21-33(29)39)30-18-6-12-24-36(30)40(37-25-13-7-19-31(37)38)34-22-10-2-14-26(34)27-15-3-11-23-35(27)40/h2-25H,1H3. The van der Waals surface area contributed by atoms with Crippen LogP contribution < -0.4 is 25.6 Å². The van der Waals surface area contributed by atoms with Crippen LogP contribution in [0.5, 0.6) is 0 Å². The molecule has 6 aromatic rings. The first kappa shape index (κ1) is 22.2. The second-order valence-electron chi connectivity index (χ2n) is 11.3. The number of nitrogens with zero attached hydrogens (tertiary/aromatic N) is 1. The third kappa shape index (κ3) is 2.37. The smallest absolute Gasteiger partial charge is 0.181 e. The van der Waals surface area contributed by atoms with Crippen molar-refractivity contribution < 1.29 is 0 Å². The summed E-state index contributed by atoms with van der Waals surface area (Å²) in [5, 5.41) is 6.06. The summed E-state index contributed by atoms with van der Waals surface area (Å²) in [6.45, 7) is 0. The summed E-state index contributed by atoms with van der Waals surface area (Å²) < 4.78 is 0. The highest BCUT2D eigenvalue weighted by Gasteiger charge is 2.59. The van der Waals surface area contributed by atoms with Gasteiger partial charge in [0.15, 0.2) is 8.07 Å². The van der Waals surface area contributed by atoms with Gasteiger partial charge < -0.3 is 4.90 Å². The third-order valence-electron chi connectivity index (χ3n) is 9.76. The molecule has 0 saturated heterocycles. The Kier molecular flexibility index (Phi) is 4.28. The van der Waals surface area contributed by atoms with Gasteiger partial charge in [-0.15, -0.1) is 0 Å². The normalized spacial score (nSPS) is 16.0. The van der Waals surface area contributed by atoms with Gasteiger partial charge in [-0.3, -0.25) is 0 Å². The van der Waals surface area contributed by atoms with Gasteiger partial charge in [-0.1, -0.05) is 133 Å². The van der Waals surface area contributed by atoms with E-state index in [1.54, 1.807) is 0 Å². The minimum atomic E-state index is -2.59. The summed E-state index contributed by atoms with van der Waals surface area (Å²) in [6.07, 6.45) is 0. The Labute approximate surface area is 236 Å². The molecule has 0 aromatic heterocycles. The van der Waals surface area contributed by atoms with Crippen LogP contribution in [0.3, 0.4) is 0 Å². The van der Waals surface area contributed by atoms with Crippen molar-refractivity contribution in [1.29, 1.82) is 0 Å². The molecule has 0 unspecified atom stereocenters. The zero-order valence-electron chi connectivity index (χ0n) is 22.3. The van der Waals surface area contributed by atoms with E-state index in [2.05, 4.69) is 158 Å². The Morgan fingerprint density at radius 2 is 0.750 bits per heavy atom. The number of anilines is 2. The van der Waals surface area contributed by atoms with Crippen molar-refractivity contribution in [1.82, 2.24) is 0 Å². The highest BCUT2D eigenvalue weighted by molar-refractivity contribution is 7.22. The molecule has 2 heteroatoms. The monoisotopic (exact) mass is 525 g/mol. The van der Waals surface area contributed by atoms with Crippen molar-refractivity contribution in [2.24, 2.45) is 0 Å². The lowest BCUT2D eigenvalue weighted by atomic mass is 9.62. The van der Waals surface area contributed by atoms with Gasteiger partial charge in [-0.25, -0.2) is 0 Å². The summed E-state index contributed by atoms with van der Waals surface area (Å²) in [4.78, 5) is 2.38. The van der Waals surface area contributed by atoms with Crippen LogP contribution in [0.15, 0.2) is 146 Å². The maximum absolute atomic E-state index is 2.59. The van der Waals surface area contributed by atoms with E-state index in [4.69, 9.17) is 0 Å². The fourth-order valence-electron chi connectivity index (χ4n) is 8.40. The Hall–Kier alpha value is -4.66. The average molecular weight is 526 g/mol. The molecule has 2 spiro atoms. The zero-order valence-corrected chi connectivity index (χ0v) is 23.3. The number of benzene rings is 6. The Morgan fingerprint density at radius 1 is 0.400 bits per heavy atom. The van der Waals surface area contributed by atoms with E-state index >= 15 is 0 Å². The van der Waals surface area contributed by atoms with Crippen LogP contribution in [0.4, 0.5) is 11.4 Å². The number of rotatable bonds is 0. The van der Waals surface area contributed by atoms with E-state index in [-0.39, 0.29) is 0 Å². The third-order valence-corrected chi connectivity index (χ3v) is 14.7. The quantitative estimate of drug-likeness (QED) is 0.226. The number of hydrogen-bond acceptors (Lipinski definition) is 1. The van der Waals surface area contributed by atoms with E-state index in [0.29, 0.717) is 0 Å². The molecular formula is C38H27NSi. The van der Waals surface area contributed by atoms with Crippen molar-refractivity contribution >= 4 is 40.2 Å². The molecule has 9 rings (SSSR count). The SMILES string of the molecule is CN1c2ccccc2C2(c3ccccc31)c1ccccc1[Si]1(c3ccccc3-c3ccccc31)c1ccccc12. The van der Waals surface area contributed by atoms with Crippen molar-refractivity contribution in [2.45, 2.75) is 5.41 Å². The molecule has 3 aliphatic heterocycles. The van der Waals surface area contributed by atoms with Gasteiger partial charge in [0.25, 0.3) is 0 Å².